The molecule has 1 heterocycles. The van der Waals surface area contributed by atoms with Gasteiger partial charge in [0, 0.05) is 12.1 Å². The number of benzene rings is 1. The van der Waals surface area contributed by atoms with Gasteiger partial charge in [0.25, 0.3) is 0 Å². The number of nitrogens with two attached hydrogens (primary N) is 1. The number of hydrogen-bond acceptors (Lipinski definition) is 3. The molecule has 2 rings (SSSR count). The van der Waals surface area contributed by atoms with Crippen molar-refractivity contribution in [3.63, 3.8) is 0 Å². The molecule has 1 aromatic rings. The van der Waals surface area contributed by atoms with Crippen LogP contribution in [0.25, 0.3) is 0 Å². The lowest BCUT2D eigenvalue weighted by atomic mass is 9.90. The first-order valence-electron chi connectivity index (χ1n) is 8.35. The molecule has 2 N–H and O–H groups in total. The van der Waals surface area contributed by atoms with Crippen LogP contribution in [0.4, 0.5) is 0 Å². The molecular weight excluding hydrogens is 260 g/mol. The molecule has 1 fully saturated rings. The minimum absolute atomic E-state index is 0.0508. The van der Waals surface area contributed by atoms with Crippen LogP contribution >= 0.6 is 0 Å². The lowest BCUT2D eigenvalue weighted by molar-refractivity contribution is 0.114. The SMILES string of the molecule is CCOc1cccc(CC(C)(CN)N2CCCCCC2)c1. The second-order valence-electron chi connectivity index (χ2n) is 6.36. The van der Waals surface area contributed by atoms with Gasteiger partial charge in [0.15, 0.2) is 0 Å². The summed E-state index contributed by atoms with van der Waals surface area (Å²) in [5, 5.41) is 0. The van der Waals surface area contributed by atoms with Crippen LogP contribution in [-0.2, 0) is 6.42 Å². The highest BCUT2D eigenvalue weighted by atomic mass is 16.5. The average Bonchev–Trinajstić information content (AvgIpc) is 2.77. The topological polar surface area (TPSA) is 38.5 Å². The van der Waals surface area contributed by atoms with Gasteiger partial charge in [-0.15, -0.1) is 0 Å². The molecule has 0 radical (unpaired) electrons. The van der Waals surface area contributed by atoms with Gasteiger partial charge in [-0.3, -0.25) is 4.90 Å². The first-order valence-corrected chi connectivity index (χ1v) is 8.35. The Morgan fingerprint density at radius 1 is 1.19 bits per heavy atom. The van der Waals surface area contributed by atoms with E-state index in [1.165, 1.54) is 44.3 Å². The van der Waals surface area contributed by atoms with Gasteiger partial charge in [-0.05, 0) is 63.9 Å². The predicted molar refractivity (Wildman–Crippen MR) is 88.8 cm³/mol. The standard InChI is InChI=1S/C18H30N2O/c1-3-21-17-10-8-9-16(13-17)14-18(2,15-19)20-11-6-4-5-7-12-20/h8-10,13H,3-7,11-12,14-15,19H2,1-2H3. The minimum Gasteiger partial charge on any atom is -0.494 e. The van der Waals surface area contributed by atoms with Crippen molar-refractivity contribution in [3.05, 3.63) is 29.8 Å². The van der Waals surface area contributed by atoms with Gasteiger partial charge in [-0.1, -0.05) is 25.0 Å². The maximum atomic E-state index is 6.16. The van der Waals surface area contributed by atoms with Crippen molar-refractivity contribution in [1.82, 2.24) is 4.90 Å². The summed E-state index contributed by atoms with van der Waals surface area (Å²) >= 11 is 0. The summed E-state index contributed by atoms with van der Waals surface area (Å²) < 4.78 is 5.62. The third kappa shape index (κ3) is 4.45. The van der Waals surface area contributed by atoms with E-state index in [0.29, 0.717) is 13.2 Å². The Kier molecular flexibility index (Phi) is 6.07. The molecule has 0 saturated carbocycles. The van der Waals surface area contributed by atoms with E-state index in [9.17, 15) is 0 Å². The molecule has 0 aliphatic carbocycles. The van der Waals surface area contributed by atoms with E-state index < -0.39 is 0 Å². The van der Waals surface area contributed by atoms with Gasteiger partial charge < -0.3 is 10.5 Å². The smallest absolute Gasteiger partial charge is 0.119 e. The number of nitrogens with zero attached hydrogens (tertiary/aromatic N) is 1. The zero-order chi connectivity index (χ0) is 15.1. The van der Waals surface area contributed by atoms with Gasteiger partial charge in [0.05, 0.1) is 6.61 Å². The number of likely N-dealkylation sites (tertiary alicyclic amines) is 1. The normalized spacial score (nSPS) is 19.8. The molecule has 0 spiro atoms. The largest absolute Gasteiger partial charge is 0.494 e. The quantitative estimate of drug-likeness (QED) is 0.874. The van der Waals surface area contributed by atoms with Crippen molar-refractivity contribution in [2.24, 2.45) is 5.73 Å². The zero-order valence-corrected chi connectivity index (χ0v) is 13.6. The Labute approximate surface area is 129 Å². The van der Waals surface area contributed by atoms with E-state index in [1.807, 2.05) is 13.0 Å². The maximum Gasteiger partial charge on any atom is 0.119 e. The second-order valence-corrected chi connectivity index (χ2v) is 6.36. The van der Waals surface area contributed by atoms with E-state index in [1.54, 1.807) is 0 Å². The Balaban J connectivity index is 2.10. The third-order valence-corrected chi connectivity index (χ3v) is 4.60. The Morgan fingerprint density at radius 2 is 1.90 bits per heavy atom. The Hall–Kier alpha value is -1.06. The molecule has 1 unspecified atom stereocenters. The lowest BCUT2D eigenvalue weighted by Crippen LogP contribution is -2.53. The van der Waals surface area contributed by atoms with Crippen molar-refractivity contribution in [2.45, 2.75) is 51.5 Å². The van der Waals surface area contributed by atoms with E-state index in [2.05, 4.69) is 30.0 Å². The van der Waals surface area contributed by atoms with Gasteiger partial charge in [0.1, 0.15) is 5.75 Å². The van der Waals surface area contributed by atoms with Crippen molar-refractivity contribution >= 4 is 0 Å². The highest BCUT2D eigenvalue weighted by Crippen LogP contribution is 2.25. The first kappa shape index (κ1) is 16.3. The number of ether oxygens (including phenoxy) is 1. The highest BCUT2D eigenvalue weighted by molar-refractivity contribution is 5.29. The van der Waals surface area contributed by atoms with Crippen LogP contribution in [0.2, 0.25) is 0 Å². The Morgan fingerprint density at radius 3 is 2.52 bits per heavy atom. The summed E-state index contributed by atoms with van der Waals surface area (Å²) in [5.41, 5.74) is 7.53. The molecule has 118 valence electrons. The summed E-state index contributed by atoms with van der Waals surface area (Å²) in [5.74, 6) is 0.963. The molecule has 3 nitrogen and oxygen atoms in total. The fourth-order valence-corrected chi connectivity index (χ4v) is 3.28. The van der Waals surface area contributed by atoms with E-state index in [4.69, 9.17) is 10.5 Å². The van der Waals surface area contributed by atoms with Crippen LogP contribution in [0.1, 0.15) is 45.1 Å². The van der Waals surface area contributed by atoms with Crippen LogP contribution in [0.3, 0.4) is 0 Å². The molecule has 0 bridgehead atoms. The molecule has 0 amide bonds. The van der Waals surface area contributed by atoms with Crippen LogP contribution in [-0.4, -0.2) is 36.7 Å². The highest BCUT2D eigenvalue weighted by Gasteiger charge is 2.31. The number of rotatable bonds is 6. The van der Waals surface area contributed by atoms with Gasteiger partial charge >= 0.3 is 0 Å². The monoisotopic (exact) mass is 290 g/mol. The predicted octanol–water partition coefficient (Wildman–Crippen LogP) is 3.22. The summed E-state index contributed by atoms with van der Waals surface area (Å²) in [6, 6.07) is 8.46. The molecule has 1 aliphatic rings. The summed E-state index contributed by atoms with van der Waals surface area (Å²) in [6.07, 6.45) is 6.31. The van der Waals surface area contributed by atoms with Gasteiger partial charge in [-0.2, -0.15) is 0 Å². The molecule has 21 heavy (non-hydrogen) atoms. The third-order valence-electron chi connectivity index (χ3n) is 4.60. The molecule has 1 aromatic carbocycles. The molecule has 0 aromatic heterocycles. The van der Waals surface area contributed by atoms with Gasteiger partial charge in [-0.25, -0.2) is 0 Å². The second kappa shape index (κ2) is 7.81. The van der Waals surface area contributed by atoms with E-state index >= 15 is 0 Å². The average molecular weight is 290 g/mol. The first-order chi connectivity index (χ1) is 10.2. The maximum absolute atomic E-state index is 6.16. The van der Waals surface area contributed by atoms with E-state index in [-0.39, 0.29) is 5.54 Å². The number of hydrogen-bond donors (Lipinski definition) is 1. The minimum atomic E-state index is 0.0508. The lowest BCUT2D eigenvalue weighted by Gasteiger charge is -2.40. The van der Waals surface area contributed by atoms with Gasteiger partial charge in [0.2, 0.25) is 0 Å². The van der Waals surface area contributed by atoms with Crippen LogP contribution in [0.15, 0.2) is 24.3 Å². The van der Waals surface area contributed by atoms with Crippen LogP contribution in [0, 0.1) is 0 Å². The fraction of sp³-hybridized carbons (Fsp3) is 0.667. The van der Waals surface area contributed by atoms with Crippen molar-refractivity contribution < 1.29 is 4.74 Å². The zero-order valence-electron chi connectivity index (χ0n) is 13.6. The summed E-state index contributed by atoms with van der Waals surface area (Å²) in [4.78, 5) is 2.60. The molecule has 1 saturated heterocycles. The molecule has 1 aliphatic heterocycles. The van der Waals surface area contributed by atoms with E-state index in [0.717, 1.165) is 12.2 Å². The van der Waals surface area contributed by atoms with Crippen LogP contribution in [0.5, 0.6) is 5.75 Å². The summed E-state index contributed by atoms with van der Waals surface area (Å²) in [7, 11) is 0. The summed E-state index contributed by atoms with van der Waals surface area (Å²) in [6.45, 7) is 8.10. The molecular formula is C18H30N2O. The molecule has 3 heteroatoms. The van der Waals surface area contributed by atoms with Crippen LogP contribution < -0.4 is 10.5 Å². The fourth-order valence-electron chi connectivity index (χ4n) is 3.28. The van der Waals surface area contributed by atoms with Crippen molar-refractivity contribution in [2.75, 3.05) is 26.2 Å². The Bertz CT molecular complexity index is 427. The van der Waals surface area contributed by atoms with Crippen molar-refractivity contribution in [3.8, 4) is 5.75 Å². The van der Waals surface area contributed by atoms with Crippen molar-refractivity contribution in [1.29, 1.82) is 0 Å². The molecule has 1 atom stereocenters.